The Morgan fingerprint density at radius 2 is 1.61 bits per heavy atom. The summed E-state index contributed by atoms with van der Waals surface area (Å²) in [6.45, 7) is 1.49. The molecule has 0 heterocycles. The summed E-state index contributed by atoms with van der Waals surface area (Å²) in [5.41, 5.74) is -0.312. The van der Waals surface area contributed by atoms with E-state index in [1.807, 2.05) is 0 Å². The number of benzene rings is 3. The third-order valence-corrected chi connectivity index (χ3v) is 6.24. The predicted molar refractivity (Wildman–Crippen MR) is 109 cm³/mol. The van der Waals surface area contributed by atoms with Crippen LogP contribution in [0.25, 0.3) is 10.8 Å². The SMILES string of the molecule is Cc1ccc(C(=O)Nc2ccc(S(=O)(=O)O)c3cccc(S(=O)(=O)O)c23)cc1[N+](=O)[O-]. The fourth-order valence-corrected chi connectivity index (χ4v) is 4.45. The molecular formula is C18H14N2O9S2. The molecule has 3 rings (SSSR count). The average molecular weight is 466 g/mol. The van der Waals surface area contributed by atoms with Crippen LogP contribution >= 0.6 is 0 Å². The van der Waals surface area contributed by atoms with Gasteiger partial charge in [-0.25, -0.2) is 0 Å². The maximum Gasteiger partial charge on any atom is 0.295 e. The highest BCUT2D eigenvalue weighted by molar-refractivity contribution is 7.86. The van der Waals surface area contributed by atoms with Gasteiger partial charge in [-0.3, -0.25) is 24.0 Å². The predicted octanol–water partition coefficient (Wildman–Crippen LogP) is 2.80. The van der Waals surface area contributed by atoms with Crippen LogP contribution in [-0.2, 0) is 20.2 Å². The van der Waals surface area contributed by atoms with Crippen LogP contribution in [-0.4, -0.2) is 36.8 Å². The minimum Gasteiger partial charge on any atom is -0.321 e. The van der Waals surface area contributed by atoms with E-state index >= 15 is 0 Å². The number of nitro benzene ring substituents is 1. The van der Waals surface area contributed by atoms with E-state index in [1.54, 1.807) is 0 Å². The Balaban J connectivity index is 2.23. The second-order valence-electron chi connectivity index (χ2n) is 6.45. The molecule has 0 atom stereocenters. The second-order valence-corrected chi connectivity index (χ2v) is 9.23. The van der Waals surface area contributed by atoms with E-state index < -0.39 is 40.9 Å². The number of nitro groups is 1. The van der Waals surface area contributed by atoms with Crippen molar-refractivity contribution >= 4 is 48.3 Å². The molecule has 0 fully saturated rings. The van der Waals surface area contributed by atoms with Gasteiger partial charge in [0.05, 0.1) is 10.6 Å². The molecule has 31 heavy (non-hydrogen) atoms. The first kappa shape index (κ1) is 22.3. The monoisotopic (exact) mass is 466 g/mol. The Morgan fingerprint density at radius 1 is 0.968 bits per heavy atom. The van der Waals surface area contributed by atoms with Crippen molar-refractivity contribution < 1.29 is 35.7 Å². The lowest BCUT2D eigenvalue weighted by atomic mass is 10.1. The van der Waals surface area contributed by atoms with Crippen LogP contribution < -0.4 is 5.32 Å². The highest BCUT2D eigenvalue weighted by Gasteiger charge is 2.24. The Morgan fingerprint density at radius 3 is 2.19 bits per heavy atom. The minimum atomic E-state index is -4.86. The van der Waals surface area contributed by atoms with Crippen LogP contribution in [0.2, 0.25) is 0 Å². The van der Waals surface area contributed by atoms with Crippen LogP contribution in [0.4, 0.5) is 11.4 Å². The van der Waals surface area contributed by atoms with Gasteiger partial charge >= 0.3 is 0 Å². The molecule has 0 spiro atoms. The summed E-state index contributed by atoms with van der Waals surface area (Å²) in [4.78, 5) is 21.8. The number of anilines is 1. The number of hydrogen-bond acceptors (Lipinski definition) is 7. The van der Waals surface area contributed by atoms with Gasteiger partial charge in [0.25, 0.3) is 31.8 Å². The zero-order valence-electron chi connectivity index (χ0n) is 15.6. The third-order valence-electron chi connectivity index (χ3n) is 4.43. The molecule has 162 valence electrons. The van der Waals surface area contributed by atoms with Crippen LogP contribution in [0, 0.1) is 17.0 Å². The lowest BCUT2D eigenvalue weighted by molar-refractivity contribution is -0.385. The van der Waals surface area contributed by atoms with Crippen LogP contribution in [0.1, 0.15) is 15.9 Å². The van der Waals surface area contributed by atoms with Crippen molar-refractivity contribution in [1.29, 1.82) is 0 Å². The fourth-order valence-electron chi connectivity index (χ4n) is 3.03. The van der Waals surface area contributed by atoms with E-state index in [4.69, 9.17) is 0 Å². The maximum atomic E-state index is 12.7. The van der Waals surface area contributed by atoms with Gasteiger partial charge in [0.1, 0.15) is 9.79 Å². The molecule has 3 N–H and O–H groups in total. The highest BCUT2D eigenvalue weighted by Crippen LogP contribution is 2.35. The Kier molecular flexibility index (Phi) is 5.54. The topological polar surface area (TPSA) is 181 Å². The number of fused-ring (bicyclic) bond motifs is 1. The first-order chi connectivity index (χ1) is 14.3. The Labute approximate surface area is 176 Å². The summed E-state index contributed by atoms with van der Waals surface area (Å²) in [6.07, 6.45) is 0. The quantitative estimate of drug-likeness (QED) is 0.289. The number of aryl methyl sites for hydroxylation is 1. The normalized spacial score (nSPS) is 12.0. The third kappa shape index (κ3) is 4.39. The van der Waals surface area contributed by atoms with Crippen LogP contribution in [0.15, 0.2) is 58.3 Å². The van der Waals surface area contributed by atoms with Gasteiger partial charge in [0, 0.05) is 28.0 Å². The number of hydrogen-bond donors (Lipinski definition) is 3. The fraction of sp³-hybridized carbons (Fsp3) is 0.0556. The van der Waals surface area contributed by atoms with E-state index in [1.165, 1.54) is 25.1 Å². The molecule has 0 bridgehead atoms. The standard InChI is InChI=1S/C18H14N2O9S2/c1-10-5-6-11(9-14(10)20(22)23)18(21)19-13-7-8-15(30(24,25)26)12-3-2-4-16(17(12)13)31(27,28)29/h2-9H,1H3,(H,19,21)(H,24,25,26)(H,27,28,29). The summed E-state index contributed by atoms with van der Waals surface area (Å²) in [5.74, 6) is -0.853. The number of rotatable bonds is 5. The summed E-state index contributed by atoms with van der Waals surface area (Å²) in [6, 6.07) is 8.99. The molecule has 0 aliphatic heterocycles. The first-order valence-electron chi connectivity index (χ1n) is 8.38. The van der Waals surface area contributed by atoms with Crippen LogP contribution in [0.3, 0.4) is 0 Å². The Hall–Kier alpha value is -3.39. The summed E-state index contributed by atoms with van der Waals surface area (Å²) >= 11 is 0. The molecule has 0 aromatic heterocycles. The van der Waals surface area contributed by atoms with Gasteiger partial charge in [0.15, 0.2) is 0 Å². The van der Waals surface area contributed by atoms with E-state index in [-0.39, 0.29) is 27.7 Å². The molecule has 0 radical (unpaired) electrons. The highest BCUT2D eigenvalue weighted by atomic mass is 32.2. The summed E-state index contributed by atoms with van der Waals surface area (Å²) in [5, 5.41) is 12.8. The maximum absolute atomic E-state index is 12.7. The number of carbonyl (C=O) groups excluding carboxylic acids is 1. The average Bonchev–Trinajstić information content (AvgIpc) is 2.66. The summed E-state index contributed by atoms with van der Waals surface area (Å²) < 4.78 is 66.0. The van der Waals surface area contributed by atoms with Crippen molar-refractivity contribution in [2.24, 2.45) is 0 Å². The minimum absolute atomic E-state index is 0.117. The van der Waals surface area contributed by atoms with E-state index in [2.05, 4.69) is 5.32 Å². The smallest absolute Gasteiger partial charge is 0.295 e. The molecule has 11 nitrogen and oxygen atoms in total. The first-order valence-corrected chi connectivity index (χ1v) is 11.3. The molecular weight excluding hydrogens is 452 g/mol. The van der Waals surface area contributed by atoms with Gasteiger partial charge in [0.2, 0.25) is 0 Å². The lowest BCUT2D eigenvalue weighted by Gasteiger charge is -2.14. The van der Waals surface area contributed by atoms with E-state index in [0.717, 1.165) is 30.3 Å². The van der Waals surface area contributed by atoms with Crippen molar-refractivity contribution in [3.8, 4) is 0 Å². The van der Waals surface area contributed by atoms with Gasteiger partial charge in [-0.2, -0.15) is 16.8 Å². The van der Waals surface area contributed by atoms with Crippen LogP contribution in [0.5, 0.6) is 0 Å². The molecule has 3 aromatic rings. The van der Waals surface area contributed by atoms with Gasteiger partial charge in [-0.05, 0) is 31.2 Å². The van der Waals surface area contributed by atoms with Crippen molar-refractivity contribution in [2.75, 3.05) is 5.32 Å². The molecule has 3 aromatic carbocycles. The lowest BCUT2D eigenvalue weighted by Crippen LogP contribution is -2.14. The number of carbonyl (C=O) groups is 1. The zero-order chi connectivity index (χ0) is 23.1. The van der Waals surface area contributed by atoms with Crippen molar-refractivity contribution in [3.63, 3.8) is 0 Å². The van der Waals surface area contributed by atoms with E-state index in [0.29, 0.717) is 5.56 Å². The number of nitrogens with zero attached hydrogens (tertiary/aromatic N) is 1. The number of amides is 1. The molecule has 0 saturated carbocycles. The molecule has 0 unspecified atom stereocenters. The van der Waals surface area contributed by atoms with Crippen molar-refractivity contribution in [3.05, 3.63) is 69.8 Å². The van der Waals surface area contributed by atoms with Gasteiger partial charge < -0.3 is 5.32 Å². The molecule has 13 heteroatoms. The molecule has 0 aliphatic rings. The van der Waals surface area contributed by atoms with Crippen molar-refractivity contribution in [1.82, 2.24) is 0 Å². The molecule has 1 amide bonds. The van der Waals surface area contributed by atoms with Gasteiger partial charge in [-0.1, -0.05) is 18.2 Å². The number of nitrogens with one attached hydrogen (secondary N) is 1. The van der Waals surface area contributed by atoms with Crippen molar-refractivity contribution in [2.45, 2.75) is 16.7 Å². The Bertz CT molecular complexity index is 1460. The molecule has 0 aliphatic carbocycles. The van der Waals surface area contributed by atoms with Gasteiger partial charge in [-0.15, -0.1) is 0 Å². The molecule has 0 saturated heterocycles. The van der Waals surface area contributed by atoms with E-state index in [9.17, 15) is 40.8 Å². The second kappa shape index (κ2) is 7.70. The largest absolute Gasteiger partial charge is 0.321 e. The zero-order valence-corrected chi connectivity index (χ0v) is 17.3. The summed E-state index contributed by atoms with van der Waals surface area (Å²) in [7, 11) is -9.63.